The normalized spacial score (nSPS) is 14.4. The van der Waals surface area contributed by atoms with E-state index >= 15 is 0 Å². The fourth-order valence-corrected chi connectivity index (χ4v) is 1.73. The zero-order chi connectivity index (χ0) is 11.5. The third-order valence-electron chi connectivity index (χ3n) is 2.97. The number of carbonyl (C=O) groups is 1. The van der Waals surface area contributed by atoms with Gasteiger partial charge in [0, 0.05) is 11.6 Å². The summed E-state index contributed by atoms with van der Waals surface area (Å²) in [6.07, 6.45) is 3.15. The first kappa shape index (κ1) is 13.6. The Bertz CT molecular complexity index is 405. The maximum absolute atomic E-state index is 11.7. The molecule has 1 aromatic carbocycles. The number of hydrogen-bond donors (Lipinski definition) is 2. The second-order valence-electron chi connectivity index (χ2n) is 4.07. The molecule has 0 spiro atoms. The van der Waals surface area contributed by atoms with Crippen LogP contribution in [0.3, 0.4) is 0 Å². The molecule has 0 saturated heterocycles. The van der Waals surface area contributed by atoms with Gasteiger partial charge in [0.25, 0.3) is 0 Å². The molecular formula is C12H17ClN2O2. The van der Waals surface area contributed by atoms with Crippen molar-refractivity contribution in [3.05, 3.63) is 18.2 Å². The van der Waals surface area contributed by atoms with Gasteiger partial charge >= 0.3 is 0 Å². The van der Waals surface area contributed by atoms with E-state index < -0.39 is 0 Å². The highest BCUT2D eigenvalue weighted by Crippen LogP contribution is 2.29. The van der Waals surface area contributed by atoms with Crippen LogP contribution in [-0.2, 0) is 4.79 Å². The number of amides is 1. The van der Waals surface area contributed by atoms with Crippen molar-refractivity contribution in [1.82, 2.24) is 0 Å². The molecule has 0 heterocycles. The SMILES string of the molecule is COc1ccc(NC(=O)C2CCC2)cc1N.Cl. The Morgan fingerprint density at radius 1 is 1.47 bits per heavy atom. The van der Waals surface area contributed by atoms with E-state index in [4.69, 9.17) is 10.5 Å². The molecule has 1 aromatic rings. The highest BCUT2D eigenvalue weighted by Gasteiger charge is 2.25. The smallest absolute Gasteiger partial charge is 0.227 e. The molecule has 1 aliphatic carbocycles. The molecule has 0 bridgehead atoms. The summed E-state index contributed by atoms with van der Waals surface area (Å²) in [4.78, 5) is 11.7. The molecular weight excluding hydrogens is 240 g/mol. The Kier molecular flexibility index (Phi) is 4.63. The summed E-state index contributed by atoms with van der Waals surface area (Å²) in [7, 11) is 1.57. The summed E-state index contributed by atoms with van der Waals surface area (Å²) >= 11 is 0. The van der Waals surface area contributed by atoms with Crippen LogP contribution in [0.25, 0.3) is 0 Å². The van der Waals surface area contributed by atoms with Gasteiger partial charge in [-0.25, -0.2) is 0 Å². The fourth-order valence-electron chi connectivity index (χ4n) is 1.73. The van der Waals surface area contributed by atoms with E-state index in [2.05, 4.69) is 5.32 Å². The number of anilines is 2. The van der Waals surface area contributed by atoms with Gasteiger partial charge in [-0.05, 0) is 31.0 Å². The monoisotopic (exact) mass is 256 g/mol. The zero-order valence-electron chi connectivity index (χ0n) is 9.73. The first-order valence-electron chi connectivity index (χ1n) is 5.45. The molecule has 2 rings (SSSR count). The van der Waals surface area contributed by atoms with E-state index in [1.165, 1.54) is 0 Å². The zero-order valence-corrected chi connectivity index (χ0v) is 10.5. The predicted octanol–water partition coefficient (Wildman–Crippen LogP) is 2.44. The quantitative estimate of drug-likeness (QED) is 0.817. The van der Waals surface area contributed by atoms with E-state index in [-0.39, 0.29) is 24.2 Å². The van der Waals surface area contributed by atoms with Crippen LogP contribution < -0.4 is 15.8 Å². The number of benzene rings is 1. The number of methoxy groups -OCH3 is 1. The Balaban J connectivity index is 0.00000144. The Morgan fingerprint density at radius 3 is 2.65 bits per heavy atom. The molecule has 0 radical (unpaired) electrons. The largest absolute Gasteiger partial charge is 0.495 e. The predicted molar refractivity (Wildman–Crippen MR) is 70.6 cm³/mol. The van der Waals surface area contributed by atoms with Crippen LogP contribution >= 0.6 is 12.4 Å². The fraction of sp³-hybridized carbons (Fsp3) is 0.417. The van der Waals surface area contributed by atoms with Crippen LogP contribution in [-0.4, -0.2) is 13.0 Å². The number of halogens is 1. The highest BCUT2D eigenvalue weighted by atomic mass is 35.5. The Morgan fingerprint density at radius 2 is 2.18 bits per heavy atom. The van der Waals surface area contributed by atoms with Crippen molar-refractivity contribution in [3.8, 4) is 5.75 Å². The minimum atomic E-state index is 0. The maximum Gasteiger partial charge on any atom is 0.227 e. The molecule has 1 fully saturated rings. The second-order valence-corrected chi connectivity index (χ2v) is 4.07. The highest BCUT2D eigenvalue weighted by molar-refractivity contribution is 5.93. The van der Waals surface area contributed by atoms with Crippen LogP contribution in [0, 0.1) is 5.92 Å². The van der Waals surface area contributed by atoms with Crippen LogP contribution in [0.15, 0.2) is 18.2 Å². The van der Waals surface area contributed by atoms with Crippen molar-refractivity contribution in [2.75, 3.05) is 18.2 Å². The van der Waals surface area contributed by atoms with Crippen LogP contribution in [0.1, 0.15) is 19.3 Å². The number of nitrogen functional groups attached to an aromatic ring is 1. The molecule has 5 heteroatoms. The van der Waals surface area contributed by atoms with Crippen LogP contribution in [0.4, 0.5) is 11.4 Å². The molecule has 4 nitrogen and oxygen atoms in total. The number of rotatable bonds is 3. The first-order valence-corrected chi connectivity index (χ1v) is 5.45. The summed E-state index contributed by atoms with van der Waals surface area (Å²) in [5.41, 5.74) is 7.02. The van der Waals surface area contributed by atoms with Gasteiger partial charge in [-0.15, -0.1) is 12.4 Å². The molecule has 3 N–H and O–H groups in total. The molecule has 0 unspecified atom stereocenters. The van der Waals surface area contributed by atoms with E-state index in [1.54, 1.807) is 25.3 Å². The Hall–Kier alpha value is -1.42. The maximum atomic E-state index is 11.7. The third kappa shape index (κ3) is 3.03. The number of nitrogens with one attached hydrogen (secondary N) is 1. The molecule has 1 amide bonds. The van der Waals surface area contributed by atoms with E-state index in [9.17, 15) is 4.79 Å². The van der Waals surface area contributed by atoms with Gasteiger partial charge in [0.1, 0.15) is 5.75 Å². The van der Waals surface area contributed by atoms with Crippen molar-refractivity contribution < 1.29 is 9.53 Å². The van der Waals surface area contributed by atoms with Crippen LogP contribution in [0.2, 0.25) is 0 Å². The molecule has 94 valence electrons. The topological polar surface area (TPSA) is 64.3 Å². The van der Waals surface area contributed by atoms with Crippen molar-refractivity contribution in [3.63, 3.8) is 0 Å². The Labute approximate surface area is 107 Å². The van der Waals surface area contributed by atoms with E-state index in [0.717, 1.165) is 24.9 Å². The minimum Gasteiger partial charge on any atom is -0.495 e. The van der Waals surface area contributed by atoms with Gasteiger partial charge in [-0.3, -0.25) is 4.79 Å². The average molecular weight is 257 g/mol. The lowest BCUT2D eigenvalue weighted by molar-refractivity contribution is -0.122. The van der Waals surface area contributed by atoms with Gasteiger partial charge < -0.3 is 15.8 Å². The number of carbonyl (C=O) groups excluding carboxylic acids is 1. The summed E-state index contributed by atoms with van der Waals surface area (Å²) in [6.45, 7) is 0. The molecule has 1 aliphatic rings. The van der Waals surface area contributed by atoms with Crippen molar-refractivity contribution in [2.45, 2.75) is 19.3 Å². The number of hydrogen-bond acceptors (Lipinski definition) is 3. The number of ether oxygens (including phenoxy) is 1. The number of nitrogens with two attached hydrogens (primary N) is 1. The summed E-state index contributed by atoms with van der Waals surface area (Å²) in [6, 6.07) is 5.27. The van der Waals surface area contributed by atoms with Gasteiger partial charge in [-0.2, -0.15) is 0 Å². The lowest BCUT2D eigenvalue weighted by Gasteiger charge is -2.24. The first-order chi connectivity index (χ1) is 7.70. The molecule has 17 heavy (non-hydrogen) atoms. The molecule has 1 saturated carbocycles. The lowest BCUT2D eigenvalue weighted by atomic mass is 9.85. The van der Waals surface area contributed by atoms with E-state index in [1.807, 2.05) is 0 Å². The molecule has 0 aliphatic heterocycles. The molecule has 0 aromatic heterocycles. The van der Waals surface area contributed by atoms with Crippen molar-refractivity contribution in [1.29, 1.82) is 0 Å². The van der Waals surface area contributed by atoms with Gasteiger partial charge in [-0.1, -0.05) is 6.42 Å². The van der Waals surface area contributed by atoms with Crippen molar-refractivity contribution in [2.24, 2.45) is 5.92 Å². The lowest BCUT2D eigenvalue weighted by Crippen LogP contribution is -2.28. The standard InChI is InChI=1S/C12H16N2O2.ClH/c1-16-11-6-5-9(7-10(11)13)14-12(15)8-3-2-4-8;/h5-8H,2-4,13H2,1H3,(H,14,15);1H. The average Bonchev–Trinajstić information content (AvgIpc) is 2.15. The summed E-state index contributed by atoms with van der Waals surface area (Å²) in [5.74, 6) is 0.904. The summed E-state index contributed by atoms with van der Waals surface area (Å²) < 4.78 is 5.05. The van der Waals surface area contributed by atoms with E-state index in [0.29, 0.717) is 11.4 Å². The second kappa shape index (κ2) is 5.77. The van der Waals surface area contributed by atoms with Crippen LogP contribution in [0.5, 0.6) is 5.75 Å². The third-order valence-corrected chi connectivity index (χ3v) is 2.97. The van der Waals surface area contributed by atoms with Gasteiger partial charge in [0.15, 0.2) is 0 Å². The van der Waals surface area contributed by atoms with Gasteiger partial charge in [0.05, 0.1) is 12.8 Å². The summed E-state index contributed by atoms with van der Waals surface area (Å²) in [5, 5.41) is 2.86. The van der Waals surface area contributed by atoms with Crippen molar-refractivity contribution >= 4 is 29.7 Å². The minimum absolute atomic E-state index is 0. The molecule has 0 atom stereocenters. The van der Waals surface area contributed by atoms with Gasteiger partial charge in [0.2, 0.25) is 5.91 Å².